The number of methoxy groups -OCH3 is 1. The molecule has 0 aromatic heterocycles. The van der Waals surface area contributed by atoms with E-state index in [-0.39, 0.29) is 5.91 Å². The van der Waals surface area contributed by atoms with Crippen LogP contribution in [0.25, 0.3) is 0 Å². The number of amides is 3. The summed E-state index contributed by atoms with van der Waals surface area (Å²) in [5.74, 6) is 0.361. The van der Waals surface area contributed by atoms with Crippen LogP contribution in [0.3, 0.4) is 0 Å². The number of carbonyl (C=O) groups is 2. The number of benzene rings is 1. The van der Waals surface area contributed by atoms with Crippen molar-refractivity contribution in [1.29, 1.82) is 0 Å². The summed E-state index contributed by atoms with van der Waals surface area (Å²) in [6, 6.07) is 6.54. The van der Waals surface area contributed by atoms with Crippen molar-refractivity contribution in [2.45, 2.75) is 12.5 Å². The van der Waals surface area contributed by atoms with Crippen LogP contribution in [0, 0.1) is 0 Å². The SMILES string of the molecule is COc1ccc([C@@]2(C)NC(=O)NC2=O)cc1. The first-order valence-electron chi connectivity index (χ1n) is 4.84. The number of nitrogens with one attached hydrogen (secondary N) is 2. The van der Waals surface area contributed by atoms with Gasteiger partial charge in [-0.15, -0.1) is 0 Å². The van der Waals surface area contributed by atoms with Gasteiger partial charge in [0, 0.05) is 0 Å². The average molecular weight is 220 g/mol. The van der Waals surface area contributed by atoms with Gasteiger partial charge in [-0.25, -0.2) is 4.79 Å². The number of imide groups is 1. The van der Waals surface area contributed by atoms with Crippen LogP contribution in [0.2, 0.25) is 0 Å². The minimum absolute atomic E-state index is 0.345. The van der Waals surface area contributed by atoms with Crippen LogP contribution in [0.15, 0.2) is 24.3 Å². The molecule has 0 radical (unpaired) electrons. The van der Waals surface area contributed by atoms with Gasteiger partial charge in [-0.05, 0) is 24.6 Å². The van der Waals surface area contributed by atoms with Gasteiger partial charge in [0.15, 0.2) is 0 Å². The third-order valence-electron chi connectivity index (χ3n) is 2.71. The van der Waals surface area contributed by atoms with Gasteiger partial charge in [0.25, 0.3) is 5.91 Å². The Balaban J connectivity index is 2.36. The fraction of sp³-hybridized carbons (Fsp3) is 0.273. The van der Waals surface area contributed by atoms with Gasteiger partial charge in [-0.1, -0.05) is 12.1 Å². The van der Waals surface area contributed by atoms with Gasteiger partial charge in [-0.2, -0.15) is 0 Å². The third-order valence-corrected chi connectivity index (χ3v) is 2.71. The lowest BCUT2D eigenvalue weighted by atomic mass is 9.92. The lowest BCUT2D eigenvalue weighted by Crippen LogP contribution is -2.40. The molecule has 1 aliphatic heterocycles. The Morgan fingerprint density at radius 3 is 2.25 bits per heavy atom. The van der Waals surface area contributed by atoms with Gasteiger partial charge < -0.3 is 10.1 Å². The van der Waals surface area contributed by atoms with E-state index in [9.17, 15) is 9.59 Å². The molecule has 1 atom stereocenters. The molecule has 2 N–H and O–H groups in total. The minimum Gasteiger partial charge on any atom is -0.497 e. The molecule has 0 saturated carbocycles. The molecule has 0 spiro atoms. The first-order valence-corrected chi connectivity index (χ1v) is 4.84. The highest BCUT2D eigenvalue weighted by Crippen LogP contribution is 2.25. The quantitative estimate of drug-likeness (QED) is 0.723. The summed E-state index contributed by atoms with van der Waals surface area (Å²) in [4.78, 5) is 22.7. The summed E-state index contributed by atoms with van der Waals surface area (Å²) in [7, 11) is 1.57. The second kappa shape index (κ2) is 3.52. The molecule has 0 bridgehead atoms. The molecule has 2 rings (SSSR count). The van der Waals surface area contributed by atoms with Crippen molar-refractivity contribution in [2.24, 2.45) is 0 Å². The largest absolute Gasteiger partial charge is 0.497 e. The highest BCUT2D eigenvalue weighted by Gasteiger charge is 2.43. The molecule has 0 aliphatic carbocycles. The summed E-state index contributed by atoms with van der Waals surface area (Å²) in [5.41, 5.74) is -0.278. The molecule has 1 heterocycles. The molecule has 1 saturated heterocycles. The molecule has 0 unspecified atom stereocenters. The van der Waals surface area contributed by atoms with Crippen molar-refractivity contribution in [3.63, 3.8) is 0 Å². The standard InChI is InChI=1S/C11H12N2O3/c1-11(9(14)12-10(15)13-11)7-3-5-8(16-2)6-4-7/h3-6H,1-2H3,(H2,12,13,14,15)/t11-/m1/s1. The second-order valence-corrected chi connectivity index (χ2v) is 3.76. The van der Waals surface area contributed by atoms with Crippen molar-refractivity contribution >= 4 is 11.9 Å². The Morgan fingerprint density at radius 2 is 1.81 bits per heavy atom. The highest BCUT2D eigenvalue weighted by atomic mass is 16.5. The van der Waals surface area contributed by atoms with Crippen molar-refractivity contribution in [1.82, 2.24) is 10.6 Å². The van der Waals surface area contributed by atoms with E-state index < -0.39 is 11.6 Å². The topological polar surface area (TPSA) is 67.4 Å². The van der Waals surface area contributed by atoms with E-state index in [0.29, 0.717) is 5.75 Å². The number of ether oxygens (including phenoxy) is 1. The van der Waals surface area contributed by atoms with Crippen molar-refractivity contribution in [2.75, 3.05) is 7.11 Å². The molecular weight excluding hydrogens is 208 g/mol. The van der Waals surface area contributed by atoms with E-state index in [1.54, 1.807) is 38.3 Å². The van der Waals surface area contributed by atoms with Gasteiger partial charge in [0.05, 0.1) is 7.11 Å². The molecule has 3 amide bonds. The zero-order chi connectivity index (χ0) is 11.8. The van der Waals surface area contributed by atoms with Crippen LogP contribution in [0.1, 0.15) is 12.5 Å². The second-order valence-electron chi connectivity index (χ2n) is 3.76. The predicted octanol–water partition coefficient (Wildman–Crippen LogP) is 0.750. The number of hydrogen-bond donors (Lipinski definition) is 2. The lowest BCUT2D eigenvalue weighted by Gasteiger charge is -2.21. The molecule has 5 heteroatoms. The Bertz CT molecular complexity index is 441. The molecule has 1 aromatic carbocycles. The van der Waals surface area contributed by atoms with Crippen LogP contribution in [-0.4, -0.2) is 19.0 Å². The van der Waals surface area contributed by atoms with Gasteiger partial charge >= 0.3 is 6.03 Å². The summed E-state index contributed by atoms with van der Waals surface area (Å²) >= 11 is 0. The molecule has 5 nitrogen and oxygen atoms in total. The van der Waals surface area contributed by atoms with E-state index in [0.717, 1.165) is 5.56 Å². The first kappa shape index (κ1) is 10.5. The van der Waals surface area contributed by atoms with Gasteiger partial charge in [0.2, 0.25) is 0 Å². The summed E-state index contributed by atoms with van der Waals surface area (Å²) in [6.45, 7) is 1.66. The first-order chi connectivity index (χ1) is 7.56. The maximum Gasteiger partial charge on any atom is 0.322 e. The van der Waals surface area contributed by atoms with Crippen LogP contribution >= 0.6 is 0 Å². The van der Waals surface area contributed by atoms with E-state index in [4.69, 9.17) is 4.74 Å². The molecule has 1 fully saturated rings. The van der Waals surface area contributed by atoms with Gasteiger partial charge in [0.1, 0.15) is 11.3 Å². The summed E-state index contributed by atoms with van der Waals surface area (Å²) in [6.07, 6.45) is 0. The molecule has 84 valence electrons. The fourth-order valence-electron chi connectivity index (χ4n) is 1.67. The summed E-state index contributed by atoms with van der Waals surface area (Å²) < 4.78 is 5.02. The number of rotatable bonds is 2. The fourth-order valence-corrected chi connectivity index (χ4v) is 1.67. The third kappa shape index (κ3) is 1.50. The Labute approximate surface area is 92.8 Å². The van der Waals surface area contributed by atoms with Crippen LogP contribution < -0.4 is 15.4 Å². The lowest BCUT2D eigenvalue weighted by molar-refractivity contribution is -0.123. The van der Waals surface area contributed by atoms with E-state index in [1.165, 1.54) is 0 Å². The minimum atomic E-state index is -0.997. The predicted molar refractivity (Wildman–Crippen MR) is 57.0 cm³/mol. The maximum absolute atomic E-state index is 11.6. The Hall–Kier alpha value is -2.04. The number of urea groups is 1. The Morgan fingerprint density at radius 1 is 1.19 bits per heavy atom. The Kier molecular flexibility index (Phi) is 2.30. The smallest absolute Gasteiger partial charge is 0.322 e. The van der Waals surface area contributed by atoms with Crippen molar-refractivity contribution in [3.05, 3.63) is 29.8 Å². The van der Waals surface area contributed by atoms with Gasteiger partial charge in [-0.3, -0.25) is 10.1 Å². The number of carbonyl (C=O) groups excluding carboxylic acids is 2. The molecular formula is C11H12N2O3. The van der Waals surface area contributed by atoms with E-state index >= 15 is 0 Å². The normalized spacial score (nSPS) is 23.9. The monoisotopic (exact) mass is 220 g/mol. The van der Waals surface area contributed by atoms with E-state index in [1.807, 2.05) is 0 Å². The van der Waals surface area contributed by atoms with Crippen molar-refractivity contribution < 1.29 is 14.3 Å². The van der Waals surface area contributed by atoms with Crippen LogP contribution in [-0.2, 0) is 10.3 Å². The summed E-state index contributed by atoms with van der Waals surface area (Å²) in [5, 5.41) is 4.81. The van der Waals surface area contributed by atoms with Crippen molar-refractivity contribution in [3.8, 4) is 5.75 Å². The van der Waals surface area contributed by atoms with E-state index in [2.05, 4.69) is 10.6 Å². The van der Waals surface area contributed by atoms with Crippen LogP contribution in [0.5, 0.6) is 5.75 Å². The zero-order valence-corrected chi connectivity index (χ0v) is 9.03. The molecule has 1 aliphatic rings. The highest BCUT2D eigenvalue weighted by molar-refractivity contribution is 6.07. The van der Waals surface area contributed by atoms with Crippen LogP contribution in [0.4, 0.5) is 4.79 Å². The zero-order valence-electron chi connectivity index (χ0n) is 9.03. The average Bonchev–Trinajstić information content (AvgIpc) is 2.54. The maximum atomic E-state index is 11.6. The molecule has 1 aromatic rings. The molecule has 16 heavy (non-hydrogen) atoms. The number of hydrogen-bond acceptors (Lipinski definition) is 3.